The Kier molecular flexibility index (Phi) is 41.6. The number of carbonyl (C=O) groups is 2. The summed E-state index contributed by atoms with van der Waals surface area (Å²) in [6.07, 6.45) is 52.7. The van der Waals surface area contributed by atoms with E-state index in [0.717, 1.165) is 89.9 Å². The SMILES string of the molecule is CC/C=C\C/C=C\C/C=C\C/C=C\CCCCCCCCCCC(=O)OC(COC(=O)CCCCCCC/C=C\CCCCCCCCC)COP(=O)(O)OCC. The van der Waals surface area contributed by atoms with Crippen molar-refractivity contribution in [1.29, 1.82) is 0 Å². The molecule has 0 saturated carbocycles. The molecule has 1 N–H and O–H groups in total. The third-order valence-corrected chi connectivity index (χ3v) is 10.6. The van der Waals surface area contributed by atoms with Crippen molar-refractivity contribution in [2.75, 3.05) is 19.8 Å². The number of carbonyl (C=O) groups excluding carboxylic acids is 2. The molecule has 0 aromatic rings. The van der Waals surface area contributed by atoms with Gasteiger partial charge in [0, 0.05) is 12.8 Å². The number of phosphoric acid groups is 1. The van der Waals surface area contributed by atoms with Crippen molar-refractivity contribution < 1.29 is 37.6 Å². The largest absolute Gasteiger partial charge is 0.472 e. The smallest absolute Gasteiger partial charge is 0.462 e. The summed E-state index contributed by atoms with van der Waals surface area (Å²) in [5.41, 5.74) is 0. The molecule has 9 heteroatoms. The summed E-state index contributed by atoms with van der Waals surface area (Å²) in [5.74, 6) is -0.816. The average Bonchev–Trinajstić information content (AvgIpc) is 3.19. The highest BCUT2D eigenvalue weighted by atomic mass is 31.2. The molecule has 2 atom stereocenters. The minimum atomic E-state index is -4.29. The second kappa shape index (κ2) is 43.3. The van der Waals surface area contributed by atoms with Gasteiger partial charge >= 0.3 is 19.8 Å². The monoisotopic (exact) mass is 821 g/mol. The van der Waals surface area contributed by atoms with Crippen molar-refractivity contribution in [2.45, 2.75) is 213 Å². The van der Waals surface area contributed by atoms with E-state index in [9.17, 15) is 19.0 Å². The predicted molar refractivity (Wildman–Crippen MR) is 239 cm³/mol. The second-order valence-electron chi connectivity index (χ2n) is 15.0. The molecule has 0 bridgehead atoms. The van der Waals surface area contributed by atoms with Crippen LogP contribution >= 0.6 is 7.82 Å². The molecular weight excluding hydrogens is 735 g/mol. The fourth-order valence-electron chi connectivity index (χ4n) is 6.20. The van der Waals surface area contributed by atoms with E-state index in [-0.39, 0.29) is 32.0 Å². The number of unbranched alkanes of at least 4 members (excludes halogenated alkanes) is 20. The van der Waals surface area contributed by atoms with Gasteiger partial charge in [0.25, 0.3) is 0 Å². The van der Waals surface area contributed by atoms with Gasteiger partial charge in [-0.15, -0.1) is 0 Å². The lowest BCUT2D eigenvalue weighted by molar-refractivity contribution is -0.161. The first kappa shape index (κ1) is 54.8. The number of phosphoric ester groups is 1. The van der Waals surface area contributed by atoms with Crippen molar-refractivity contribution >= 4 is 19.8 Å². The fourth-order valence-corrected chi connectivity index (χ4v) is 6.96. The van der Waals surface area contributed by atoms with E-state index in [2.05, 4.69) is 74.6 Å². The van der Waals surface area contributed by atoms with Crippen LogP contribution in [-0.2, 0) is 32.7 Å². The van der Waals surface area contributed by atoms with Crippen molar-refractivity contribution in [3.8, 4) is 0 Å². The molecule has 0 aliphatic carbocycles. The molecule has 57 heavy (non-hydrogen) atoms. The molecule has 8 nitrogen and oxygen atoms in total. The zero-order chi connectivity index (χ0) is 41.8. The summed E-state index contributed by atoms with van der Waals surface area (Å²) in [7, 11) is -4.29. The van der Waals surface area contributed by atoms with Gasteiger partial charge < -0.3 is 14.4 Å². The van der Waals surface area contributed by atoms with Crippen molar-refractivity contribution in [3.63, 3.8) is 0 Å². The summed E-state index contributed by atoms with van der Waals surface area (Å²) in [5, 5.41) is 0. The van der Waals surface area contributed by atoms with E-state index in [1.54, 1.807) is 6.92 Å². The Morgan fingerprint density at radius 2 is 0.895 bits per heavy atom. The number of allylic oxidation sites excluding steroid dienone is 10. The second-order valence-corrected chi connectivity index (χ2v) is 16.5. The Morgan fingerprint density at radius 1 is 0.491 bits per heavy atom. The Bertz CT molecular complexity index is 1110. The van der Waals surface area contributed by atoms with Crippen LogP contribution in [0.3, 0.4) is 0 Å². The summed E-state index contributed by atoms with van der Waals surface area (Å²) in [4.78, 5) is 34.8. The molecule has 0 aromatic heterocycles. The highest BCUT2D eigenvalue weighted by Crippen LogP contribution is 2.43. The molecule has 0 aliphatic rings. The van der Waals surface area contributed by atoms with Gasteiger partial charge in [-0.2, -0.15) is 0 Å². The van der Waals surface area contributed by atoms with Crippen LogP contribution in [0.25, 0.3) is 0 Å². The van der Waals surface area contributed by atoms with Crippen LogP contribution in [0.4, 0.5) is 0 Å². The molecule has 0 aromatic carbocycles. The molecule has 0 radical (unpaired) electrons. The van der Waals surface area contributed by atoms with E-state index in [1.807, 2.05) is 0 Å². The predicted octanol–water partition coefficient (Wildman–Crippen LogP) is 14.7. The van der Waals surface area contributed by atoms with Crippen molar-refractivity contribution in [1.82, 2.24) is 0 Å². The lowest BCUT2D eigenvalue weighted by Crippen LogP contribution is -2.29. The minimum absolute atomic E-state index is 0.00470. The summed E-state index contributed by atoms with van der Waals surface area (Å²) in [6, 6.07) is 0. The van der Waals surface area contributed by atoms with E-state index in [4.69, 9.17) is 18.5 Å². The third-order valence-electron chi connectivity index (χ3n) is 9.56. The zero-order valence-electron chi connectivity index (χ0n) is 36.7. The zero-order valence-corrected chi connectivity index (χ0v) is 37.6. The molecule has 0 saturated heterocycles. The van der Waals surface area contributed by atoms with Crippen LogP contribution < -0.4 is 0 Å². The maximum atomic E-state index is 12.6. The Balaban J connectivity index is 4.07. The Morgan fingerprint density at radius 3 is 1.37 bits per heavy atom. The number of hydrogen-bond donors (Lipinski definition) is 1. The van der Waals surface area contributed by atoms with Crippen molar-refractivity contribution in [3.05, 3.63) is 60.8 Å². The van der Waals surface area contributed by atoms with E-state index < -0.39 is 26.5 Å². The maximum absolute atomic E-state index is 12.6. The number of rotatable bonds is 42. The molecule has 0 heterocycles. The molecule has 0 aliphatic heterocycles. The summed E-state index contributed by atoms with van der Waals surface area (Å²) >= 11 is 0. The molecular formula is C48H85O8P. The standard InChI is InChI=1S/C48H85O8P/c1-4-7-9-11-13-15-17-19-21-23-24-25-26-27-29-31-33-35-37-39-41-43-48(50)56-46(45-55-57(51,52)54-6-3)44-53-47(49)42-40-38-36-34-32-30-28-22-20-18-16-14-12-10-8-5-2/h7,9,13,15,19,21-22,24-25,28,46H,4-6,8,10-12,14,16-18,20,23,26-27,29-45H2,1-3H3,(H,51,52)/b9-7-,15-13-,21-19-,25-24-,28-22-. The number of hydrogen-bond acceptors (Lipinski definition) is 7. The number of esters is 2. The first-order valence-corrected chi connectivity index (χ1v) is 24.6. The normalized spacial score (nSPS) is 13.8. The van der Waals surface area contributed by atoms with Crippen molar-refractivity contribution in [2.24, 2.45) is 0 Å². The van der Waals surface area contributed by atoms with Gasteiger partial charge in [-0.25, -0.2) is 4.57 Å². The van der Waals surface area contributed by atoms with Crippen LogP contribution in [0.2, 0.25) is 0 Å². The van der Waals surface area contributed by atoms with Crippen LogP contribution in [0, 0.1) is 0 Å². The number of ether oxygens (including phenoxy) is 2. The molecule has 0 rings (SSSR count). The summed E-state index contributed by atoms with van der Waals surface area (Å²) < 4.78 is 32.7. The van der Waals surface area contributed by atoms with Gasteiger partial charge in [0.2, 0.25) is 0 Å². The van der Waals surface area contributed by atoms with E-state index in [1.165, 1.54) is 77.0 Å². The van der Waals surface area contributed by atoms with Gasteiger partial charge in [-0.3, -0.25) is 18.6 Å². The molecule has 0 spiro atoms. The first-order chi connectivity index (χ1) is 27.8. The lowest BCUT2D eigenvalue weighted by atomic mass is 10.1. The highest BCUT2D eigenvalue weighted by Gasteiger charge is 2.25. The van der Waals surface area contributed by atoms with E-state index >= 15 is 0 Å². The lowest BCUT2D eigenvalue weighted by Gasteiger charge is -2.19. The topological polar surface area (TPSA) is 108 Å². The van der Waals surface area contributed by atoms with Gasteiger partial charge in [0.15, 0.2) is 6.10 Å². The molecule has 330 valence electrons. The third kappa shape index (κ3) is 43.2. The van der Waals surface area contributed by atoms with Crippen LogP contribution in [0.15, 0.2) is 60.8 Å². The van der Waals surface area contributed by atoms with Gasteiger partial charge in [0.1, 0.15) is 6.61 Å². The Hall–Kier alpha value is -2.25. The van der Waals surface area contributed by atoms with Gasteiger partial charge in [0.05, 0.1) is 13.2 Å². The average molecular weight is 821 g/mol. The van der Waals surface area contributed by atoms with Crippen LogP contribution in [0.5, 0.6) is 0 Å². The maximum Gasteiger partial charge on any atom is 0.472 e. The molecule has 2 unspecified atom stereocenters. The minimum Gasteiger partial charge on any atom is -0.462 e. The molecule has 0 fully saturated rings. The van der Waals surface area contributed by atoms with E-state index in [0.29, 0.717) is 6.42 Å². The highest BCUT2D eigenvalue weighted by molar-refractivity contribution is 7.47. The fraction of sp³-hybridized carbons (Fsp3) is 0.750. The Labute approximate surface area is 350 Å². The van der Waals surface area contributed by atoms with Gasteiger partial charge in [-0.1, -0.05) is 171 Å². The summed E-state index contributed by atoms with van der Waals surface area (Å²) in [6.45, 7) is 5.35. The molecule has 0 amide bonds. The first-order valence-electron chi connectivity index (χ1n) is 23.1. The quantitative estimate of drug-likeness (QED) is 0.0281. The van der Waals surface area contributed by atoms with Crippen LogP contribution in [-0.4, -0.2) is 42.8 Å². The van der Waals surface area contributed by atoms with Gasteiger partial charge in [-0.05, 0) is 84.0 Å². The van der Waals surface area contributed by atoms with Crippen LogP contribution in [0.1, 0.15) is 207 Å².